The van der Waals surface area contributed by atoms with E-state index in [1.54, 1.807) is 0 Å². The lowest BCUT2D eigenvalue weighted by Gasteiger charge is -2.33. The molecule has 0 bridgehead atoms. The minimum atomic E-state index is -0.00266. The van der Waals surface area contributed by atoms with Gasteiger partial charge in [-0.3, -0.25) is 4.98 Å². The molecule has 5 rings (SSSR count). The van der Waals surface area contributed by atoms with Crippen LogP contribution in [0.3, 0.4) is 0 Å². The molecule has 2 fully saturated rings. The second-order valence-electron chi connectivity index (χ2n) is 7.65. The van der Waals surface area contributed by atoms with Gasteiger partial charge in [0.25, 0.3) is 0 Å². The van der Waals surface area contributed by atoms with Crippen LogP contribution < -0.4 is 0 Å². The standard InChI is InChI=1S/C21H21ClN4O/c22-14-4-5-18-17(10-14)20-19(12-24-18)25-21(13-2-1-3-13)26(20)15-7-9-27-16(11-15)6-8-23/h4-5,10,12-13,15-16H,1-3,6-7,9,11H2/t15?,16-/m1/s1. The first-order valence-corrected chi connectivity index (χ1v) is 10.1. The number of halogens is 1. The van der Waals surface area contributed by atoms with Gasteiger partial charge in [-0.05, 0) is 43.9 Å². The van der Waals surface area contributed by atoms with Gasteiger partial charge >= 0.3 is 0 Å². The summed E-state index contributed by atoms with van der Waals surface area (Å²) in [4.78, 5) is 9.61. The summed E-state index contributed by atoms with van der Waals surface area (Å²) in [6.07, 6.45) is 7.77. The van der Waals surface area contributed by atoms with Gasteiger partial charge in [-0.2, -0.15) is 5.26 Å². The normalized spacial score (nSPS) is 23.4. The van der Waals surface area contributed by atoms with Crippen LogP contribution >= 0.6 is 11.6 Å². The summed E-state index contributed by atoms with van der Waals surface area (Å²) in [5.41, 5.74) is 3.01. The number of hydrogen-bond acceptors (Lipinski definition) is 4. The van der Waals surface area contributed by atoms with Crippen molar-refractivity contribution >= 4 is 33.5 Å². The quantitative estimate of drug-likeness (QED) is 0.631. The van der Waals surface area contributed by atoms with Gasteiger partial charge in [-0.1, -0.05) is 18.0 Å². The highest BCUT2D eigenvalue weighted by Crippen LogP contribution is 2.42. The van der Waals surface area contributed by atoms with Crippen LogP contribution in [-0.4, -0.2) is 27.2 Å². The van der Waals surface area contributed by atoms with E-state index in [1.165, 1.54) is 25.1 Å². The molecule has 0 spiro atoms. The molecule has 1 unspecified atom stereocenters. The van der Waals surface area contributed by atoms with E-state index in [-0.39, 0.29) is 6.10 Å². The number of benzene rings is 1. The average Bonchev–Trinajstić information content (AvgIpc) is 3.00. The second-order valence-corrected chi connectivity index (χ2v) is 8.09. The molecule has 2 atom stereocenters. The summed E-state index contributed by atoms with van der Waals surface area (Å²) >= 11 is 6.32. The van der Waals surface area contributed by atoms with Crippen molar-refractivity contribution in [2.45, 2.75) is 56.6 Å². The predicted octanol–water partition coefficient (Wildman–Crippen LogP) is 5.14. The number of aromatic nitrogens is 3. The lowest BCUT2D eigenvalue weighted by molar-refractivity contribution is -0.00245. The summed E-state index contributed by atoms with van der Waals surface area (Å²) in [5, 5.41) is 10.9. The minimum Gasteiger partial charge on any atom is -0.377 e. The Hall–Kier alpha value is -2.16. The molecular weight excluding hydrogens is 360 g/mol. The Morgan fingerprint density at radius 2 is 2.15 bits per heavy atom. The zero-order chi connectivity index (χ0) is 18.4. The Morgan fingerprint density at radius 3 is 2.93 bits per heavy atom. The number of imidazole rings is 1. The topological polar surface area (TPSA) is 63.7 Å². The first-order valence-electron chi connectivity index (χ1n) is 9.69. The Kier molecular flexibility index (Phi) is 4.26. The molecule has 1 aliphatic carbocycles. The number of rotatable bonds is 3. The molecule has 5 nitrogen and oxygen atoms in total. The van der Waals surface area contributed by atoms with Gasteiger partial charge in [0.2, 0.25) is 0 Å². The molecule has 0 N–H and O–H groups in total. The molecule has 138 valence electrons. The third-order valence-corrected chi connectivity index (χ3v) is 6.23. The van der Waals surface area contributed by atoms with Crippen LogP contribution in [0, 0.1) is 11.3 Å². The van der Waals surface area contributed by atoms with Gasteiger partial charge in [0.05, 0.1) is 35.8 Å². The van der Waals surface area contributed by atoms with E-state index in [9.17, 15) is 0 Å². The van der Waals surface area contributed by atoms with Gasteiger partial charge in [-0.15, -0.1) is 0 Å². The Bertz CT molecular complexity index is 1050. The summed E-state index contributed by atoms with van der Waals surface area (Å²) in [5.74, 6) is 1.69. The van der Waals surface area contributed by atoms with Crippen molar-refractivity contribution in [3.63, 3.8) is 0 Å². The van der Waals surface area contributed by atoms with E-state index >= 15 is 0 Å². The molecule has 3 heterocycles. The molecular formula is C21H21ClN4O. The summed E-state index contributed by atoms with van der Waals surface area (Å²) in [6.45, 7) is 0.685. The number of ether oxygens (including phenoxy) is 1. The van der Waals surface area contributed by atoms with Gasteiger partial charge in [-0.25, -0.2) is 4.98 Å². The van der Waals surface area contributed by atoms with Crippen molar-refractivity contribution in [3.8, 4) is 6.07 Å². The van der Waals surface area contributed by atoms with E-state index in [4.69, 9.17) is 26.6 Å². The molecule has 2 aromatic heterocycles. The van der Waals surface area contributed by atoms with E-state index in [0.29, 0.717) is 30.0 Å². The van der Waals surface area contributed by atoms with Crippen LogP contribution in [-0.2, 0) is 4.74 Å². The fourth-order valence-electron chi connectivity index (χ4n) is 4.43. The Balaban J connectivity index is 1.72. The van der Waals surface area contributed by atoms with Crippen molar-refractivity contribution < 1.29 is 4.74 Å². The maximum absolute atomic E-state index is 9.10. The smallest absolute Gasteiger partial charge is 0.113 e. The van der Waals surface area contributed by atoms with Crippen LogP contribution in [0.25, 0.3) is 21.9 Å². The third kappa shape index (κ3) is 2.88. The molecule has 3 aromatic rings. The molecule has 1 saturated carbocycles. The second kappa shape index (κ2) is 6.78. The van der Waals surface area contributed by atoms with E-state index in [0.717, 1.165) is 34.8 Å². The predicted molar refractivity (Wildman–Crippen MR) is 105 cm³/mol. The Morgan fingerprint density at radius 1 is 1.26 bits per heavy atom. The van der Waals surface area contributed by atoms with Gasteiger partial charge in [0, 0.05) is 29.0 Å². The van der Waals surface area contributed by atoms with Crippen molar-refractivity contribution in [2.75, 3.05) is 6.61 Å². The molecule has 0 radical (unpaired) electrons. The fraction of sp³-hybridized carbons (Fsp3) is 0.476. The van der Waals surface area contributed by atoms with Crippen molar-refractivity contribution in [1.82, 2.24) is 14.5 Å². The minimum absolute atomic E-state index is 0.00266. The van der Waals surface area contributed by atoms with E-state index < -0.39 is 0 Å². The summed E-state index contributed by atoms with van der Waals surface area (Å²) in [7, 11) is 0. The van der Waals surface area contributed by atoms with Crippen LogP contribution in [0.15, 0.2) is 24.4 Å². The lowest BCUT2D eigenvalue weighted by atomic mass is 9.84. The molecule has 2 aliphatic rings. The summed E-state index contributed by atoms with van der Waals surface area (Å²) < 4.78 is 8.25. The molecule has 27 heavy (non-hydrogen) atoms. The highest BCUT2D eigenvalue weighted by Gasteiger charge is 2.32. The third-order valence-electron chi connectivity index (χ3n) is 6.00. The van der Waals surface area contributed by atoms with Crippen LogP contribution in [0.2, 0.25) is 5.02 Å². The maximum Gasteiger partial charge on any atom is 0.113 e. The molecule has 1 aliphatic heterocycles. The fourth-order valence-corrected chi connectivity index (χ4v) is 4.60. The number of nitrogens with zero attached hydrogens (tertiary/aromatic N) is 4. The average molecular weight is 381 g/mol. The van der Waals surface area contributed by atoms with Crippen molar-refractivity contribution in [3.05, 3.63) is 35.2 Å². The van der Waals surface area contributed by atoms with Crippen LogP contribution in [0.1, 0.15) is 56.3 Å². The number of nitriles is 1. The molecule has 6 heteroatoms. The van der Waals surface area contributed by atoms with E-state index in [1.807, 2.05) is 24.4 Å². The largest absolute Gasteiger partial charge is 0.377 e. The first kappa shape index (κ1) is 17.0. The van der Waals surface area contributed by atoms with E-state index in [2.05, 4.69) is 15.6 Å². The Labute approximate surface area is 162 Å². The monoisotopic (exact) mass is 380 g/mol. The maximum atomic E-state index is 9.10. The zero-order valence-corrected chi connectivity index (χ0v) is 15.8. The molecule has 1 aromatic carbocycles. The van der Waals surface area contributed by atoms with Gasteiger partial charge < -0.3 is 9.30 Å². The lowest BCUT2D eigenvalue weighted by Crippen LogP contribution is -2.29. The molecule has 1 saturated heterocycles. The summed E-state index contributed by atoms with van der Waals surface area (Å²) in [6, 6.07) is 8.41. The van der Waals surface area contributed by atoms with Crippen molar-refractivity contribution in [2.24, 2.45) is 0 Å². The zero-order valence-electron chi connectivity index (χ0n) is 15.1. The molecule has 0 amide bonds. The highest BCUT2D eigenvalue weighted by atomic mass is 35.5. The van der Waals surface area contributed by atoms with Gasteiger partial charge in [0.1, 0.15) is 11.3 Å². The van der Waals surface area contributed by atoms with Gasteiger partial charge in [0.15, 0.2) is 0 Å². The highest BCUT2D eigenvalue weighted by molar-refractivity contribution is 6.31. The number of hydrogen-bond donors (Lipinski definition) is 0. The van der Waals surface area contributed by atoms with Crippen molar-refractivity contribution in [1.29, 1.82) is 5.26 Å². The first-order chi connectivity index (χ1) is 13.2. The van der Waals surface area contributed by atoms with Crippen LogP contribution in [0.5, 0.6) is 0 Å². The number of fused-ring (bicyclic) bond motifs is 3. The van der Waals surface area contributed by atoms with Crippen LogP contribution in [0.4, 0.5) is 0 Å². The number of pyridine rings is 1. The SMILES string of the molecule is N#CC[C@@H]1CC(n2c(C3CCC3)nc3cnc4ccc(Cl)cc4c32)CCO1.